The zero-order chi connectivity index (χ0) is 27.7. The summed E-state index contributed by atoms with van der Waals surface area (Å²) < 4.78 is 25.6. The molecule has 0 spiro atoms. The summed E-state index contributed by atoms with van der Waals surface area (Å²) >= 11 is 0. The fourth-order valence-corrected chi connectivity index (χ4v) is 5.83. The van der Waals surface area contributed by atoms with Gasteiger partial charge in [0.15, 0.2) is 17.6 Å². The minimum absolute atomic E-state index is 0.102. The van der Waals surface area contributed by atoms with E-state index in [1.807, 2.05) is 26.1 Å². The predicted molar refractivity (Wildman–Crippen MR) is 142 cm³/mol. The summed E-state index contributed by atoms with van der Waals surface area (Å²) in [4.78, 5) is 12.4. The lowest BCUT2D eigenvalue weighted by Crippen LogP contribution is -2.42. The summed E-state index contributed by atoms with van der Waals surface area (Å²) in [7, 11) is 2.00. The average Bonchev–Trinajstić information content (AvgIpc) is 3.57. The van der Waals surface area contributed by atoms with E-state index in [0.717, 1.165) is 43.1 Å². The van der Waals surface area contributed by atoms with Crippen LogP contribution in [0, 0.1) is 0 Å². The van der Waals surface area contributed by atoms with E-state index in [4.69, 9.17) is 9.84 Å². The van der Waals surface area contributed by atoms with E-state index in [1.165, 1.54) is 10.5 Å². The second-order valence-corrected chi connectivity index (χ2v) is 11.3. The number of hydrogen-bond donors (Lipinski definition) is 1. The Morgan fingerprint density at radius 1 is 1.10 bits per heavy atom. The van der Waals surface area contributed by atoms with Gasteiger partial charge in [-0.2, -0.15) is 0 Å². The van der Waals surface area contributed by atoms with Gasteiger partial charge in [-0.3, -0.25) is 0 Å². The van der Waals surface area contributed by atoms with Gasteiger partial charge in [-0.05, 0) is 56.2 Å². The van der Waals surface area contributed by atoms with Crippen molar-refractivity contribution in [2.75, 3.05) is 13.1 Å². The van der Waals surface area contributed by atoms with Gasteiger partial charge >= 0.3 is 6.09 Å². The van der Waals surface area contributed by atoms with E-state index in [0.29, 0.717) is 11.6 Å². The van der Waals surface area contributed by atoms with Crippen molar-refractivity contribution < 1.29 is 19.0 Å². The summed E-state index contributed by atoms with van der Waals surface area (Å²) in [5.74, 6) is 3.29. The molecule has 0 radical (unpaired) electrons. The third-order valence-electron chi connectivity index (χ3n) is 8.38. The molecule has 1 N–H and O–H groups in total. The minimum atomic E-state index is -1.63. The van der Waals surface area contributed by atoms with Crippen LogP contribution in [0.3, 0.4) is 0 Å². The molecule has 2 aliphatic rings. The first-order valence-electron chi connectivity index (χ1n) is 13.9. The molecule has 5 rings (SSSR count). The van der Waals surface area contributed by atoms with Crippen LogP contribution in [0.5, 0.6) is 5.75 Å². The maximum atomic E-state index is 15.5. The second-order valence-electron chi connectivity index (χ2n) is 11.3. The van der Waals surface area contributed by atoms with Crippen molar-refractivity contribution in [3.63, 3.8) is 0 Å². The Bertz CT molecular complexity index is 1290. The molecule has 10 nitrogen and oxygen atoms in total. The highest BCUT2D eigenvalue weighted by Gasteiger charge is 2.40. The zero-order valence-corrected chi connectivity index (χ0v) is 23.1. The molecule has 39 heavy (non-hydrogen) atoms. The normalized spacial score (nSPS) is 22.2. The van der Waals surface area contributed by atoms with Gasteiger partial charge in [0.2, 0.25) is 0 Å². The lowest BCUT2D eigenvalue weighted by Gasteiger charge is -2.33. The highest BCUT2D eigenvalue weighted by atomic mass is 19.1. The van der Waals surface area contributed by atoms with Crippen LogP contribution in [0.2, 0.25) is 0 Å². The van der Waals surface area contributed by atoms with Gasteiger partial charge in [0.05, 0.1) is 12.2 Å². The van der Waals surface area contributed by atoms with Crippen molar-refractivity contribution in [3.05, 3.63) is 53.4 Å². The van der Waals surface area contributed by atoms with E-state index in [2.05, 4.69) is 51.1 Å². The molecule has 1 aromatic carbocycles. The first kappa shape index (κ1) is 27.1. The van der Waals surface area contributed by atoms with E-state index in [1.54, 1.807) is 10.9 Å². The number of amides is 1. The molecule has 2 aromatic heterocycles. The number of nitrogens with zero attached hydrogens (tertiary/aromatic N) is 7. The van der Waals surface area contributed by atoms with E-state index in [-0.39, 0.29) is 44.0 Å². The maximum absolute atomic E-state index is 15.5. The van der Waals surface area contributed by atoms with Crippen LogP contribution in [-0.2, 0) is 12.7 Å². The molecule has 0 bridgehead atoms. The standard InChI is InChI=1S/C28H38FN7O3/c1-18(2)21-6-5-7-23(16-21)39-19(3)25-31-32-26(34(25)4)20-8-10-22(11-9-20)36-17-24(30-33-36)28(29)12-14-35(15-13-28)27(37)38/h5-7,16-20,22H,8-15H2,1-4H3,(H,37,38)/t19-,20?,22?/m1/s1. The van der Waals surface area contributed by atoms with Gasteiger partial charge in [-0.1, -0.05) is 31.2 Å². The van der Waals surface area contributed by atoms with Crippen molar-refractivity contribution in [3.8, 4) is 5.75 Å². The van der Waals surface area contributed by atoms with Crippen LogP contribution in [0.15, 0.2) is 30.5 Å². The van der Waals surface area contributed by atoms with Gasteiger partial charge in [0.25, 0.3) is 0 Å². The Kier molecular flexibility index (Phi) is 7.59. The van der Waals surface area contributed by atoms with Crippen LogP contribution in [0.1, 0.15) is 106 Å². The maximum Gasteiger partial charge on any atom is 0.407 e. The van der Waals surface area contributed by atoms with Crippen molar-refractivity contribution in [1.29, 1.82) is 0 Å². The van der Waals surface area contributed by atoms with Crippen LogP contribution >= 0.6 is 0 Å². The van der Waals surface area contributed by atoms with Gasteiger partial charge in [0, 0.05) is 38.9 Å². The number of ether oxygens (including phenoxy) is 1. The van der Waals surface area contributed by atoms with Crippen molar-refractivity contribution in [2.45, 2.75) is 88.9 Å². The first-order valence-corrected chi connectivity index (χ1v) is 13.9. The Morgan fingerprint density at radius 2 is 1.82 bits per heavy atom. The Labute approximate surface area is 228 Å². The monoisotopic (exact) mass is 539 g/mol. The number of carbonyl (C=O) groups is 1. The van der Waals surface area contributed by atoms with E-state index >= 15 is 4.39 Å². The molecule has 1 saturated carbocycles. The van der Waals surface area contributed by atoms with Gasteiger partial charge < -0.3 is 19.3 Å². The SMILES string of the molecule is CC(C)c1cccc(O[C@H](C)c2nnc(C3CCC(n4cc(C5(F)CCN(C(=O)O)CC5)nn4)CC3)n2C)c1. The van der Waals surface area contributed by atoms with Crippen LogP contribution in [0.25, 0.3) is 0 Å². The fourth-order valence-electron chi connectivity index (χ4n) is 5.83. The Hall–Kier alpha value is -3.50. The number of benzene rings is 1. The molecule has 1 atom stereocenters. The van der Waals surface area contributed by atoms with Crippen molar-refractivity contribution >= 4 is 6.09 Å². The van der Waals surface area contributed by atoms with E-state index < -0.39 is 11.8 Å². The number of likely N-dealkylation sites (tertiary alicyclic amines) is 1. The molecule has 1 aliphatic heterocycles. The molecule has 1 amide bonds. The fraction of sp³-hybridized carbons (Fsp3) is 0.607. The predicted octanol–water partition coefficient (Wildman–Crippen LogP) is 5.51. The Morgan fingerprint density at radius 3 is 2.49 bits per heavy atom. The molecule has 3 aromatic rings. The quantitative estimate of drug-likeness (QED) is 0.422. The average molecular weight is 540 g/mol. The van der Waals surface area contributed by atoms with Gasteiger partial charge in [-0.25, -0.2) is 13.9 Å². The number of alkyl halides is 1. The molecule has 2 fully saturated rings. The number of carboxylic acid groups (broad SMARTS) is 1. The summed E-state index contributed by atoms with van der Waals surface area (Å²) in [5.41, 5.74) is -0.0916. The molecule has 11 heteroatoms. The molecular weight excluding hydrogens is 501 g/mol. The molecule has 1 saturated heterocycles. The van der Waals surface area contributed by atoms with Crippen LogP contribution in [-0.4, -0.2) is 58.9 Å². The molecule has 3 heterocycles. The van der Waals surface area contributed by atoms with Crippen LogP contribution < -0.4 is 4.74 Å². The summed E-state index contributed by atoms with van der Waals surface area (Å²) in [6.07, 6.45) is 4.29. The molecular formula is C28H38FN7O3. The molecule has 1 aliphatic carbocycles. The number of rotatable bonds is 7. The summed E-state index contributed by atoms with van der Waals surface area (Å²) in [6, 6.07) is 8.33. The summed E-state index contributed by atoms with van der Waals surface area (Å²) in [5, 5.41) is 26.6. The molecule has 210 valence electrons. The highest BCUT2D eigenvalue weighted by Crippen LogP contribution is 2.40. The zero-order valence-electron chi connectivity index (χ0n) is 23.1. The number of aromatic nitrogens is 6. The number of piperidine rings is 1. The van der Waals surface area contributed by atoms with Gasteiger partial charge in [-0.15, -0.1) is 15.3 Å². The number of halogens is 1. The third-order valence-corrected chi connectivity index (χ3v) is 8.38. The Balaban J connectivity index is 1.19. The lowest BCUT2D eigenvalue weighted by atomic mass is 9.85. The largest absolute Gasteiger partial charge is 0.483 e. The van der Waals surface area contributed by atoms with Crippen molar-refractivity contribution in [1.82, 2.24) is 34.7 Å². The van der Waals surface area contributed by atoms with Gasteiger partial charge in [0.1, 0.15) is 17.3 Å². The van der Waals surface area contributed by atoms with E-state index in [9.17, 15) is 4.79 Å². The van der Waals surface area contributed by atoms with Crippen LogP contribution in [0.4, 0.5) is 9.18 Å². The van der Waals surface area contributed by atoms with Crippen molar-refractivity contribution in [2.24, 2.45) is 7.05 Å². The lowest BCUT2D eigenvalue weighted by molar-refractivity contribution is 0.0520. The summed E-state index contributed by atoms with van der Waals surface area (Å²) in [6.45, 7) is 6.66. The molecule has 0 unspecified atom stereocenters. The minimum Gasteiger partial charge on any atom is -0.483 e. The second kappa shape index (κ2) is 10.9. The highest BCUT2D eigenvalue weighted by molar-refractivity contribution is 5.65. The number of hydrogen-bond acceptors (Lipinski definition) is 6. The topological polar surface area (TPSA) is 111 Å². The third kappa shape index (κ3) is 5.62. The smallest absolute Gasteiger partial charge is 0.407 e. The first-order chi connectivity index (χ1) is 18.6.